The Bertz CT molecular complexity index is 4240. The summed E-state index contributed by atoms with van der Waals surface area (Å²) in [7, 11) is 0. The van der Waals surface area contributed by atoms with E-state index in [2.05, 4.69) is 264 Å². The van der Waals surface area contributed by atoms with Crippen LogP contribution in [0.25, 0.3) is 113 Å². The van der Waals surface area contributed by atoms with Gasteiger partial charge in [0.25, 0.3) is 0 Å². The minimum absolute atomic E-state index is 1.10. The molecule has 0 saturated heterocycles. The van der Waals surface area contributed by atoms with Gasteiger partial charge in [-0.3, -0.25) is 0 Å². The zero-order valence-corrected chi connectivity index (χ0v) is 38.4. The SMILES string of the molecule is c1cc(-c2ccc(N(c3ccc(-c4ccc(-c5cc6ccccc6c6ccccc56)cc4)cc3)c3cccc4c3sc3c5ccccc5ccc43)cc2)cc(-n2c3ccccc3c3ccccc32)c1. The molecule has 12 aromatic carbocycles. The van der Waals surface area contributed by atoms with Gasteiger partial charge in [0, 0.05) is 43.3 Å². The van der Waals surface area contributed by atoms with E-state index in [1.165, 1.54) is 113 Å². The molecule has 3 heteroatoms. The fourth-order valence-corrected chi connectivity index (χ4v) is 12.2. The van der Waals surface area contributed by atoms with E-state index in [0.29, 0.717) is 0 Å². The number of para-hydroxylation sites is 2. The van der Waals surface area contributed by atoms with Crippen molar-refractivity contribution in [2.24, 2.45) is 0 Å². The Balaban J connectivity index is 0.858. The number of hydrogen-bond acceptors (Lipinski definition) is 2. The Morgan fingerprint density at radius 2 is 0.797 bits per heavy atom. The van der Waals surface area contributed by atoms with Crippen LogP contribution in [0.4, 0.5) is 17.1 Å². The van der Waals surface area contributed by atoms with E-state index in [1.54, 1.807) is 0 Å². The van der Waals surface area contributed by atoms with Crippen LogP contribution in [0.1, 0.15) is 0 Å². The lowest BCUT2D eigenvalue weighted by molar-refractivity contribution is 1.18. The number of hydrogen-bond donors (Lipinski definition) is 0. The summed E-state index contributed by atoms with van der Waals surface area (Å²) >= 11 is 1.89. The lowest BCUT2D eigenvalue weighted by Crippen LogP contribution is -2.10. The molecule has 2 aromatic heterocycles. The highest BCUT2D eigenvalue weighted by Gasteiger charge is 2.20. The molecule has 322 valence electrons. The fourth-order valence-electron chi connectivity index (χ4n) is 10.9. The molecule has 0 saturated carbocycles. The van der Waals surface area contributed by atoms with Crippen LogP contribution in [0.5, 0.6) is 0 Å². The Labute approximate surface area is 403 Å². The summed E-state index contributed by atoms with van der Waals surface area (Å²) in [6.07, 6.45) is 0. The Morgan fingerprint density at radius 1 is 0.290 bits per heavy atom. The van der Waals surface area contributed by atoms with Crippen LogP contribution in [0.2, 0.25) is 0 Å². The van der Waals surface area contributed by atoms with Crippen molar-refractivity contribution in [3.63, 3.8) is 0 Å². The Kier molecular flexibility index (Phi) is 9.11. The number of aromatic nitrogens is 1. The smallest absolute Gasteiger partial charge is 0.0640 e. The zero-order valence-electron chi connectivity index (χ0n) is 37.6. The maximum absolute atomic E-state index is 2.44. The van der Waals surface area contributed by atoms with Crippen LogP contribution in [-0.2, 0) is 0 Å². The third kappa shape index (κ3) is 6.47. The van der Waals surface area contributed by atoms with E-state index >= 15 is 0 Å². The first-order valence-electron chi connectivity index (χ1n) is 23.7. The summed E-state index contributed by atoms with van der Waals surface area (Å²) in [5.74, 6) is 0. The van der Waals surface area contributed by atoms with Gasteiger partial charge in [0.05, 0.1) is 21.4 Å². The predicted octanol–water partition coefficient (Wildman–Crippen LogP) is 19.1. The third-order valence-electron chi connectivity index (χ3n) is 14.2. The van der Waals surface area contributed by atoms with Gasteiger partial charge in [0.1, 0.15) is 0 Å². The molecule has 0 spiro atoms. The molecule has 0 aliphatic rings. The number of anilines is 3. The zero-order chi connectivity index (χ0) is 45.4. The van der Waals surface area contributed by atoms with Gasteiger partial charge < -0.3 is 9.47 Å². The number of thiophene rings is 1. The van der Waals surface area contributed by atoms with Crippen LogP contribution in [0.3, 0.4) is 0 Å². The maximum atomic E-state index is 2.44. The second-order valence-electron chi connectivity index (χ2n) is 18.0. The van der Waals surface area contributed by atoms with E-state index in [9.17, 15) is 0 Å². The fraction of sp³-hybridized carbons (Fsp3) is 0. The molecule has 2 heterocycles. The second-order valence-corrected chi connectivity index (χ2v) is 19.1. The Hall–Kier alpha value is -8.76. The maximum Gasteiger partial charge on any atom is 0.0640 e. The van der Waals surface area contributed by atoms with Crippen molar-refractivity contribution in [1.29, 1.82) is 0 Å². The van der Waals surface area contributed by atoms with Crippen LogP contribution in [-0.4, -0.2) is 4.57 Å². The highest BCUT2D eigenvalue weighted by atomic mass is 32.1. The lowest BCUT2D eigenvalue weighted by atomic mass is 9.92. The molecule has 14 aromatic rings. The van der Waals surface area contributed by atoms with Crippen molar-refractivity contribution < 1.29 is 0 Å². The van der Waals surface area contributed by atoms with Crippen molar-refractivity contribution in [3.8, 4) is 39.1 Å². The van der Waals surface area contributed by atoms with Crippen LogP contribution in [0.15, 0.2) is 255 Å². The second kappa shape index (κ2) is 16.0. The highest BCUT2D eigenvalue weighted by Crippen LogP contribution is 2.47. The molecule has 0 amide bonds. The van der Waals surface area contributed by atoms with Gasteiger partial charge in [-0.25, -0.2) is 0 Å². The van der Waals surface area contributed by atoms with Gasteiger partial charge in [0.2, 0.25) is 0 Å². The molecule has 0 aliphatic carbocycles. The Morgan fingerprint density at radius 3 is 1.49 bits per heavy atom. The molecule has 0 N–H and O–H groups in total. The molecule has 0 fully saturated rings. The monoisotopic (exact) mass is 894 g/mol. The number of fused-ring (bicyclic) bond motifs is 11. The van der Waals surface area contributed by atoms with Gasteiger partial charge in [0.15, 0.2) is 0 Å². The first kappa shape index (κ1) is 39.4. The van der Waals surface area contributed by atoms with E-state index in [1.807, 2.05) is 11.3 Å². The van der Waals surface area contributed by atoms with Gasteiger partial charge in [-0.1, -0.05) is 194 Å². The van der Waals surface area contributed by atoms with Crippen molar-refractivity contribution >= 4 is 103 Å². The molecule has 2 nitrogen and oxygen atoms in total. The van der Waals surface area contributed by atoms with Gasteiger partial charge >= 0.3 is 0 Å². The van der Waals surface area contributed by atoms with Crippen molar-refractivity contribution in [2.45, 2.75) is 0 Å². The number of rotatable bonds is 7. The molecule has 0 atom stereocenters. The summed E-state index contributed by atoms with van der Waals surface area (Å²) in [6, 6.07) is 93.6. The normalized spacial score (nSPS) is 11.8. The topological polar surface area (TPSA) is 8.17 Å². The summed E-state index contributed by atoms with van der Waals surface area (Å²) < 4.78 is 4.99. The molecule has 14 rings (SSSR count). The first-order chi connectivity index (χ1) is 34.2. The average Bonchev–Trinajstić information content (AvgIpc) is 3.98. The van der Waals surface area contributed by atoms with E-state index in [0.717, 1.165) is 17.1 Å². The van der Waals surface area contributed by atoms with Crippen molar-refractivity contribution in [1.82, 2.24) is 4.57 Å². The first-order valence-corrected chi connectivity index (χ1v) is 24.5. The van der Waals surface area contributed by atoms with E-state index < -0.39 is 0 Å². The van der Waals surface area contributed by atoms with Crippen LogP contribution >= 0.6 is 11.3 Å². The molecule has 0 bridgehead atoms. The average molecular weight is 895 g/mol. The summed E-state index contributed by atoms with van der Waals surface area (Å²) in [5, 5.41) is 12.8. The number of benzene rings is 12. The quantitative estimate of drug-likeness (QED) is 0.145. The van der Waals surface area contributed by atoms with E-state index in [4.69, 9.17) is 0 Å². The molecule has 0 radical (unpaired) electrons. The standard InChI is InChI=1S/C66H42N2S/c1-4-18-54-46(13-1)35-40-60-59-23-12-26-64(66(59)69-65(54)60)67(51-38-33-45(34-39-51)48-15-11-16-52(41-48)68-62-24-9-7-21-57(62)58-22-8-10-25-63(58)68)50-36-31-44(32-37-50)43-27-29-47(30-28-43)61-42-49-14-2-3-17-53(49)55-19-5-6-20-56(55)61/h1-42H. The molecule has 0 unspecified atom stereocenters. The lowest BCUT2D eigenvalue weighted by Gasteiger charge is -2.26. The molecule has 0 aliphatic heterocycles. The molecule has 69 heavy (non-hydrogen) atoms. The third-order valence-corrected chi connectivity index (χ3v) is 15.5. The summed E-state index contributed by atoms with van der Waals surface area (Å²) in [6.45, 7) is 0. The summed E-state index contributed by atoms with van der Waals surface area (Å²) in [5.41, 5.74) is 14.1. The number of nitrogens with zero attached hydrogens (tertiary/aromatic N) is 2. The van der Waals surface area contributed by atoms with E-state index in [-0.39, 0.29) is 0 Å². The van der Waals surface area contributed by atoms with Crippen LogP contribution in [0, 0.1) is 0 Å². The highest BCUT2D eigenvalue weighted by molar-refractivity contribution is 7.27. The largest absolute Gasteiger partial charge is 0.309 e. The summed E-state index contributed by atoms with van der Waals surface area (Å²) in [4.78, 5) is 2.44. The van der Waals surface area contributed by atoms with Gasteiger partial charge in [-0.15, -0.1) is 11.3 Å². The molecular formula is C66H42N2S. The van der Waals surface area contributed by atoms with Gasteiger partial charge in [-0.2, -0.15) is 0 Å². The van der Waals surface area contributed by atoms with Crippen LogP contribution < -0.4 is 4.90 Å². The van der Waals surface area contributed by atoms with Crippen molar-refractivity contribution in [2.75, 3.05) is 4.90 Å². The minimum Gasteiger partial charge on any atom is -0.309 e. The predicted molar refractivity (Wildman–Crippen MR) is 297 cm³/mol. The molecular weight excluding hydrogens is 853 g/mol. The minimum atomic E-state index is 1.10. The van der Waals surface area contributed by atoms with Crippen molar-refractivity contribution in [3.05, 3.63) is 255 Å². The van der Waals surface area contributed by atoms with Gasteiger partial charge in [-0.05, 0) is 126 Å².